The Bertz CT molecular complexity index is 963. The summed E-state index contributed by atoms with van der Waals surface area (Å²) in [5, 5.41) is 5.41. The highest BCUT2D eigenvalue weighted by molar-refractivity contribution is 5.94. The molecule has 0 aliphatic rings. The minimum Gasteiger partial charge on any atom is -0.444 e. The fourth-order valence-electron chi connectivity index (χ4n) is 3.85. The summed E-state index contributed by atoms with van der Waals surface area (Å²) >= 11 is 0. The summed E-state index contributed by atoms with van der Waals surface area (Å²) in [5.74, 6) is 0.830. The summed E-state index contributed by atoms with van der Waals surface area (Å²) in [5.41, 5.74) is 5.82. The van der Waals surface area contributed by atoms with Crippen LogP contribution in [-0.4, -0.2) is 53.4 Å². The number of alkyl carbamates (subject to hydrolysis) is 1. The largest absolute Gasteiger partial charge is 0.444 e. The molecular weight excluding hydrogens is 484 g/mol. The average molecular weight is 529 g/mol. The van der Waals surface area contributed by atoms with Gasteiger partial charge in [-0.3, -0.25) is 14.4 Å². The minimum atomic E-state index is -1.30. The molecule has 1 aromatic rings. The molecule has 4 amide bonds. The topological polar surface area (TPSA) is 131 Å². The number of primary amides is 1. The van der Waals surface area contributed by atoms with E-state index in [1.165, 1.54) is 4.90 Å². The number of ether oxygens (including phenoxy) is 1. The van der Waals surface area contributed by atoms with Crippen molar-refractivity contribution in [2.45, 2.75) is 97.2 Å². The van der Waals surface area contributed by atoms with Crippen molar-refractivity contribution in [1.29, 1.82) is 0 Å². The lowest BCUT2D eigenvalue weighted by Crippen LogP contribution is -2.54. The third-order valence-corrected chi connectivity index (χ3v) is 5.71. The summed E-state index contributed by atoms with van der Waals surface area (Å²) in [6, 6.07) is 4.56. The number of carbonyl (C=O) groups excluding carboxylic acids is 4. The first-order valence-corrected chi connectivity index (χ1v) is 13.4. The van der Waals surface area contributed by atoms with E-state index in [0.717, 1.165) is 32.1 Å². The van der Waals surface area contributed by atoms with E-state index in [0.29, 0.717) is 24.1 Å². The maximum Gasteiger partial charge on any atom is 0.408 e. The molecule has 0 aliphatic heterocycles. The van der Waals surface area contributed by atoms with E-state index >= 15 is 0 Å². The fraction of sp³-hybridized carbons (Fsp3) is 0.586. The highest BCUT2D eigenvalue weighted by Crippen LogP contribution is 2.25. The summed E-state index contributed by atoms with van der Waals surface area (Å²) in [4.78, 5) is 53.3. The third kappa shape index (κ3) is 11.7. The molecule has 1 rings (SSSR count). The van der Waals surface area contributed by atoms with E-state index in [4.69, 9.17) is 16.9 Å². The zero-order valence-corrected chi connectivity index (χ0v) is 23.5. The Morgan fingerprint density at radius 2 is 1.66 bits per heavy atom. The highest BCUT2D eigenvalue weighted by atomic mass is 16.6. The van der Waals surface area contributed by atoms with Crippen LogP contribution in [0, 0.1) is 12.3 Å². The molecule has 2 unspecified atom stereocenters. The van der Waals surface area contributed by atoms with Gasteiger partial charge in [-0.15, -0.1) is 6.42 Å². The molecule has 0 bridgehead atoms. The average Bonchev–Trinajstić information content (AvgIpc) is 2.84. The maximum atomic E-state index is 14.0. The molecule has 9 nitrogen and oxygen atoms in total. The van der Waals surface area contributed by atoms with Crippen molar-refractivity contribution >= 4 is 23.8 Å². The molecule has 0 fully saturated rings. The molecule has 0 spiro atoms. The molecule has 0 aliphatic carbocycles. The predicted octanol–water partition coefficient (Wildman–Crippen LogP) is 3.80. The van der Waals surface area contributed by atoms with E-state index in [1.54, 1.807) is 45.0 Å². The van der Waals surface area contributed by atoms with E-state index in [-0.39, 0.29) is 12.5 Å². The van der Waals surface area contributed by atoms with Crippen LogP contribution in [0.2, 0.25) is 0 Å². The second-order valence-electron chi connectivity index (χ2n) is 10.3. The summed E-state index contributed by atoms with van der Waals surface area (Å²) in [6.07, 6.45) is 9.32. The number of unbranched alkanes of at least 4 members (excludes halogenated alkanes) is 4. The molecule has 0 heterocycles. The molecule has 210 valence electrons. The zero-order chi connectivity index (χ0) is 28.7. The molecule has 38 heavy (non-hydrogen) atoms. The van der Waals surface area contributed by atoms with Gasteiger partial charge < -0.3 is 26.0 Å². The Kier molecular flexibility index (Phi) is 14.0. The minimum absolute atomic E-state index is 0.243. The summed E-state index contributed by atoms with van der Waals surface area (Å²) in [7, 11) is 0. The quantitative estimate of drug-likeness (QED) is 0.235. The first kappa shape index (κ1) is 32.5. The number of nitrogens with one attached hydrogen (secondary N) is 2. The van der Waals surface area contributed by atoms with Gasteiger partial charge in [0.2, 0.25) is 17.7 Å². The van der Waals surface area contributed by atoms with Crippen LogP contribution in [0.25, 0.3) is 0 Å². The Hall–Kier alpha value is -3.54. The van der Waals surface area contributed by atoms with Crippen LogP contribution in [0.3, 0.4) is 0 Å². The number of nitrogens with zero attached hydrogens (tertiary/aromatic N) is 1. The van der Waals surface area contributed by atoms with Crippen LogP contribution in [-0.2, 0) is 19.1 Å². The van der Waals surface area contributed by atoms with Gasteiger partial charge in [-0.2, -0.15) is 0 Å². The molecule has 4 N–H and O–H groups in total. The molecule has 1 aromatic carbocycles. The summed E-state index contributed by atoms with van der Waals surface area (Å²) < 4.78 is 5.31. The van der Waals surface area contributed by atoms with Crippen LogP contribution in [0.5, 0.6) is 0 Å². The van der Waals surface area contributed by atoms with E-state index in [2.05, 4.69) is 23.5 Å². The van der Waals surface area contributed by atoms with Crippen molar-refractivity contribution in [3.8, 4) is 12.3 Å². The molecule has 2 atom stereocenters. The van der Waals surface area contributed by atoms with Crippen molar-refractivity contribution in [1.82, 2.24) is 15.5 Å². The first-order chi connectivity index (χ1) is 17.9. The van der Waals surface area contributed by atoms with Crippen LogP contribution >= 0.6 is 0 Å². The number of nitrogens with two attached hydrogens (primary N) is 1. The van der Waals surface area contributed by atoms with Gasteiger partial charge in [0.25, 0.3) is 0 Å². The Morgan fingerprint density at radius 1 is 1.03 bits per heavy atom. The highest BCUT2D eigenvalue weighted by Gasteiger charge is 2.36. The van der Waals surface area contributed by atoms with E-state index in [9.17, 15) is 19.2 Å². The number of carbonyl (C=O) groups is 4. The maximum absolute atomic E-state index is 14.0. The Morgan fingerprint density at radius 3 is 2.18 bits per heavy atom. The molecule has 0 saturated heterocycles. The number of rotatable bonds is 15. The smallest absolute Gasteiger partial charge is 0.408 e. The lowest BCUT2D eigenvalue weighted by atomic mass is 10.00. The van der Waals surface area contributed by atoms with Crippen molar-refractivity contribution < 1.29 is 23.9 Å². The standard InChI is InChI=1S/C29H44N4O5/c1-7-10-12-13-19-33(27(36)23(20-24(30)34)32-28(37)38-29(4,5)6)25(26(35)31-18-11-8-2)22-16-14-21(9-3)15-17-22/h3,14-17,23,25H,7-8,10-13,18-20H2,1-2,4-6H3,(H2,30,34)(H,31,35)(H,32,37). The van der Waals surface area contributed by atoms with Crippen LogP contribution in [0.1, 0.15) is 96.7 Å². The van der Waals surface area contributed by atoms with Gasteiger partial charge >= 0.3 is 6.09 Å². The van der Waals surface area contributed by atoms with Crippen LogP contribution in [0.4, 0.5) is 4.79 Å². The van der Waals surface area contributed by atoms with Gasteiger partial charge in [0.1, 0.15) is 17.7 Å². The van der Waals surface area contributed by atoms with Gasteiger partial charge in [0.15, 0.2) is 0 Å². The third-order valence-electron chi connectivity index (χ3n) is 5.71. The number of benzene rings is 1. The summed E-state index contributed by atoms with van der Waals surface area (Å²) in [6.45, 7) is 9.85. The zero-order valence-electron chi connectivity index (χ0n) is 23.5. The van der Waals surface area contributed by atoms with E-state index in [1.807, 2.05) is 6.92 Å². The van der Waals surface area contributed by atoms with Crippen LogP contribution < -0.4 is 16.4 Å². The lowest BCUT2D eigenvalue weighted by molar-refractivity contribution is -0.143. The molecule has 0 radical (unpaired) electrons. The van der Waals surface area contributed by atoms with Gasteiger partial charge in [-0.1, -0.05) is 57.6 Å². The molecule has 0 saturated carbocycles. The first-order valence-electron chi connectivity index (χ1n) is 13.4. The fourth-order valence-corrected chi connectivity index (χ4v) is 3.85. The van der Waals surface area contributed by atoms with Crippen LogP contribution in [0.15, 0.2) is 24.3 Å². The van der Waals surface area contributed by atoms with Crippen molar-refractivity contribution in [3.05, 3.63) is 35.4 Å². The van der Waals surface area contributed by atoms with Gasteiger partial charge in [-0.05, 0) is 51.3 Å². The number of amides is 4. The Balaban J connectivity index is 3.48. The van der Waals surface area contributed by atoms with Crippen molar-refractivity contribution in [2.24, 2.45) is 5.73 Å². The van der Waals surface area contributed by atoms with Crippen molar-refractivity contribution in [3.63, 3.8) is 0 Å². The SMILES string of the molecule is C#Cc1ccc(C(C(=O)NCCCC)N(CCCCCC)C(=O)C(CC(N)=O)NC(=O)OC(C)(C)C)cc1. The molecule has 0 aromatic heterocycles. The number of hydrogen-bond acceptors (Lipinski definition) is 5. The number of hydrogen-bond donors (Lipinski definition) is 3. The predicted molar refractivity (Wildman–Crippen MR) is 148 cm³/mol. The van der Waals surface area contributed by atoms with Crippen molar-refractivity contribution in [2.75, 3.05) is 13.1 Å². The lowest BCUT2D eigenvalue weighted by Gasteiger charge is -2.34. The monoisotopic (exact) mass is 528 g/mol. The number of terminal acetylenes is 1. The second-order valence-corrected chi connectivity index (χ2v) is 10.3. The van der Waals surface area contributed by atoms with E-state index < -0.39 is 42.0 Å². The normalized spacial score (nSPS) is 12.5. The molecule has 9 heteroatoms. The Labute approximate surface area is 227 Å². The van der Waals surface area contributed by atoms with Gasteiger partial charge in [-0.25, -0.2) is 4.79 Å². The van der Waals surface area contributed by atoms with Gasteiger partial charge in [0, 0.05) is 18.7 Å². The molecular formula is C29H44N4O5. The van der Waals surface area contributed by atoms with Gasteiger partial charge in [0.05, 0.1) is 6.42 Å². The second kappa shape index (κ2) is 16.3.